The van der Waals surface area contributed by atoms with Crippen molar-refractivity contribution in [2.75, 3.05) is 26.8 Å². The summed E-state index contributed by atoms with van der Waals surface area (Å²) in [6.07, 6.45) is 0.538. The van der Waals surface area contributed by atoms with Crippen LogP contribution in [0.1, 0.15) is 12.0 Å². The number of carbonyl (C=O) groups is 1. The highest BCUT2D eigenvalue weighted by atomic mass is 19.1. The normalized spacial score (nSPS) is 22.9. The Balaban J connectivity index is 1.98. The minimum atomic E-state index is -0.811. The Bertz CT molecular complexity index is 441. The summed E-state index contributed by atoms with van der Waals surface area (Å²) >= 11 is 0. The van der Waals surface area contributed by atoms with E-state index in [0.29, 0.717) is 26.1 Å². The zero-order chi connectivity index (χ0) is 13.9. The molecule has 104 valence electrons. The first kappa shape index (κ1) is 14.0. The lowest BCUT2D eigenvalue weighted by molar-refractivity contribution is -0.150. The van der Waals surface area contributed by atoms with Crippen molar-refractivity contribution < 1.29 is 19.0 Å². The minimum absolute atomic E-state index is 0.260. The van der Waals surface area contributed by atoms with E-state index in [-0.39, 0.29) is 12.4 Å². The van der Waals surface area contributed by atoms with Crippen LogP contribution in [0.2, 0.25) is 0 Å². The van der Waals surface area contributed by atoms with Gasteiger partial charge in [-0.15, -0.1) is 0 Å². The summed E-state index contributed by atoms with van der Waals surface area (Å²) in [5.41, 5.74) is 0.151. The van der Waals surface area contributed by atoms with Gasteiger partial charge in [0.1, 0.15) is 11.2 Å². The van der Waals surface area contributed by atoms with Gasteiger partial charge in [0, 0.05) is 19.7 Å². The van der Waals surface area contributed by atoms with Crippen molar-refractivity contribution in [3.8, 4) is 0 Å². The average molecular weight is 267 g/mol. The van der Waals surface area contributed by atoms with Crippen LogP contribution >= 0.6 is 0 Å². The Kier molecular flexibility index (Phi) is 4.17. The SMILES string of the molecule is CN(Cc1ccc(F)cc1)CC1(C(=O)O)CCOC1. The molecule has 1 atom stereocenters. The van der Waals surface area contributed by atoms with Crippen LogP contribution in [0.25, 0.3) is 0 Å². The van der Waals surface area contributed by atoms with Gasteiger partial charge in [-0.1, -0.05) is 12.1 Å². The predicted octanol–water partition coefficient (Wildman–Crippen LogP) is 1.75. The van der Waals surface area contributed by atoms with Crippen LogP contribution in [0.4, 0.5) is 4.39 Å². The maximum Gasteiger partial charge on any atom is 0.313 e. The van der Waals surface area contributed by atoms with Gasteiger partial charge in [-0.3, -0.25) is 4.79 Å². The van der Waals surface area contributed by atoms with E-state index in [2.05, 4.69) is 0 Å². The van der Waals surface area contributed by atoms with Crippen LogP contribution in [0, 0.1) is 11.2 Å². The smallest absolute Gasteiger partial charge is 0.313 e. The predicted molar refractivity (Wildman–Crippen MR) is 68.2 cm³/mol. The van der Waals surface area contributed by atoms with Crippen molar-refractivity contribution in [2.24, 2.45) is 5.41 Å². The molecule has 4 nitrogen and oxygen atoms in total. The number of benzene rings is 1. The maximum absolute atomic E-state index is 12.8. The van der Waals surface area contributed by atoms with Crippen LogP contribution in [0.3, 0.4) is 0 Å². The van der Waals surface area contributed by atoms with E-state index in [1.54, 1.807) is 12.1 Å². The third-order valence-corrected chi connectivity index (χ3v) is 3.50. The Morgan fingerprint density at radius 2 is 2.16 bits per heavy atom. The molecule has 0 amide bonds. The zero-order valence-corrected chi connectivity index (χ0v) is 10.9. The fourth-order valence-corrected chi connectivity index (χ4v) is 2.44. The largest absolute Gasteiger partial charge is 0.481 e. The van der Waals surface area contributed by atoms with Crippen molar-refractivity contribution in [3.05, 3.63) is 35.6 Å². The van der Waals surface area contributed by atoms with Crippen LogP contribution < -0.4 is 0 Å². The Morgan fingerprint density at radius 1 is 1.47 bits per heavy atom. The second-order valence-corrected chi connectivity index (χ2v) is 5.19. The third-order valence-electron chi connectivity index (χ3n) is 3.50. The number of rotatable bonds is 5. The van der Waals surface area contributed by atoms with E-state index < -0.39 is 11.4 Å². The first-order valence-electron chi connectivity index (χ1n) is 6.26. The molecule has 1 heterocycles. The molecule has 1 aromatic rings. The fraction of sp³-hybridized carbons (Fsp3) is 0.500. The van der Waals surface area contributed by atoms with Crippen molar-refractivity contribution in [3.63, 3.8) is 0 Å². The lowest BCUT2D eigenvalue weighted by Crippen LogP contribution is -2.42. The standard InChI is InChI=1S/C14H18FNO3/c1-16(8-11-2-4-12(15)5-3-11)9-14(13(17)18)6-7-19-10-14/h2-5H,6-10H2,1H3,(H,17,18). The monoisotopic (exact) mass is 267 g/mol. The van der Waals surface area contributed by atoms with Gasteiger partial charge >= 0.3 is 5.97 Å². The topological polar surface area (TPSA) is 49.8 Å². The molecule has 1 aliphatic heterocycles. The van der Waals surface area contributed by atoms with Gasteiger partial charge in [0.25, 0.3) is 0 Å². The molecule has 1 fully saturated rings. The fourth-order valence-electron chi connectivity index (χ4n) is 2.44. The van der Waals surface area contributed by atoms with E-state index in [9.17, 15) is 14.3 Å². The number of nitrogens with zero attached hydrogens (tertiary/aromatic N) is 1. The highest BCUT2D eigenvalue weighted by molar-refractivity contribution is 5.75. The van der Waals surface area contributed by atoms with E-state index in [1.165, 1.54) is 12.1 Å². The molecule has 0 aliphatic carbocycles. The molecule has 0 spiro atoms. The molecular weight excluding hydrogens is 249 g/mol. The molecule has 0 bridgehead atoms. The summed E-state index contributed by atoms with van der Waals surface area (Å²) in [7, 11) is 1.87. The molecule has 1 saturated heterocycles. The Hall–Kier alpha value is -1.46. The van der Waals surface area contributed by atoms with E-state index in [1.807, 2.05) is 11.9 Å². The lowest BCUT2D eigenvalue weighted by atomic mass is 9.87. The summed E-state index contributed by atoms with van der Waals surface area (Å²) in [4.78, 5) is 13.3. The molecule has 1 unspecified atom stereocenters. The second-order valence-electron chi connectivity index (χ2n) is 5.19. The quantitative estimate of drug-likeness (QED) is 0.883. The van der Waals surface area contributed by atoms with Crippen molar-refractivity contribution >= 4 is 5.97 Å². The summed E-state index contributed by atoms with van der Waals surface area (Å²) in [5.74, 6) is -1.08. The summed E-state index contributed by atoms with van der Waals surface area (Å²) < 4.78 is 18.0. The molecule has 2 rings (SSSR count). The highest BCUT2D eigenvalue weighted by Crippen LogP contribution is 2.30. The Morgan fingerprint density at radius 3 is 2.68 bits per heavy atom. The highest BCUT2D eigenvalue weighted by Gasteiger charge is 2.43. The van der Waals surface area contributed by atoms with Crippen LogP contribution in [0.5, 0.6) is 0 Å². The number of carboxylic acids is 1. The van der Waals surface area contributed by atoms with Gasteiger partial charge in [-0.2, -0.15) is 0 Å². The molecule has 1 N–H and O–H groups in total. The number of aliphatic carboxylic acids is 1. The van der Waals surface area contributed by atoms with Crippen LogP contribution in [-0.2, 0) is 16.1 Å². The first-order chi connectivity index (χ1) is 9.02. The summed E-state index contributed by atoms with van der Waals surface area (Å²) in [6, 6.07) is 6.25. The maximum atomic E-state index is 12.8. The number of ether oxygens (including phenoxy) is 1. The summed E-state index contributed by atoms with van der Waals surface area (Å²) in [5, 5.41) is 9.36. The van der Waals surface area contributed by atoms with Crippen LogP contribution in [0.15, 0.2) is 24.3 Å². The molecule has 0 aromatic heterocycles. The molecule has 5 heteroatoms. The van der Waals surface area contributed by atoms with Gasteiger partial charge in [0.05, 0.1) is 6.61 Å². The van der Waals surface area contributed by atoms with Crippen LogP contribution in [-0.4, -0.2) is 42.8 Å². The van der Waals surface area contributed by atoms with Gasteiger partial charge in [0.2, 0.25) is 0 Å². The lowest BCUT2D eigenvalue weighted by Gasteiger charge is -2.28. The molecule has 0 radical (unpaired) electrons. The zero-order valence-electron chi connectivity index (χ0n) is 10.9. The third kappa shape index (κ3) is 3.30. The number of hydrogen-bond acceptors (Lipinski definition) is 3. The van der Waals surface area contributed by atoms with E-state index in [0.717, 1.165) is 5.56 Å². The Labute approximate surface area is 111 Å². The van der Waals surface area contributed by atoms with Crippen molar-refractivity contribution in [1.82, 2.24) is 4.90 Å². The second kappa shape index (κ2) is 5.67. The molecule has 1 aliphatic rings. The average Bonchev–Trinajstić information content (AvgIpc) is 2.82. The molecule has 19 heavy (non-hydrogen) atoms. The summed E-state index contributed by atoms with van der Waals surface area (Å²) in [6.45, 7) is 1.78. The number of carboxylic acid groups (broad SMARTS) is 1. The molecule has 0 saturated carbocycles. The van der Waals surface area contributed by atoms with Gasteiger partial charge in [-0.05, 0) is 31.2 Å². The van der Waals surface area contributed by atoms with E-state index in [4.69, 9.17) is 4.74 Å². The first-order valence-corrected chi connectivity index (χ1v) is 6.26. The van der Waals surface area contributed by atoms with Crippen molar-refractivity contribution in [1.29, 1.82) is 0 Å². The molecular formula is C14H18FNO3. The van der Waals surface area contributed by atoms with Gasteiger partial charge in [-0.25, -0.2) is 4.39 Å². The van der Waals surface area contributed by atoms with Gasteiger partial charge in [0.15, 0.2) is 0 Å². The van der Waals surface area contributed by atoms with Crippen molar-refractivity contribution in [2.45, 2.75) is 13.0 Å². The molecule has 1 aromatic carbocycles. The number of hydrogen-bond donors (Lipinski definition) is 1. The van der Waals surface area contributed by atoms with E-state index >= 15 is 0 Å². The minimum Gasteiger partial charge on any atom is -0.481 e. The number of halogens is 1. The van der Waals surface area contributed by atoms with Gasteiger partial charge < -0.3 is 14.7 Å².